The van der Waals surface area contributed by atoms with Crippen molar-refractivity contribution < 1.29 is 13.6 Å². The van der Waals surface area contributed by atoms with Gasteiger partial charge in [0.2, 0.25) is 5.89 Å². The molecule has 2 aliphatic rings. The lowest BCUT2D eigenvalue weighted by Crippen LogP contribution is -2.33. The van der Waals surface area contributed by atoms with Gasteiger partial charge in [0.05, 0.1) is 17.2 Å². The van der Waals surface area contributed by atoms with Gasteiger partial charge in [-0.1, -0.05) is 54.8 Å². The number of hydrogen-bond acceptors (Lipinski definition) is 7. The van der Waals surface area contributed by atoms with E-state index in [1.807, 2.05) is 43.3 Å². The molecule has 7 nitrogen and oxygen atoms in total. The first-order chi connectivity index (χ1) is 16.1. The average molecular weight is 485 g/mol. The van der Waals surface area contributed by atoms with E-state index in [9.17, 15) is 4.79 Å². The molecule has 0 N–H and O–H groups in total. The molecule has 3 aromatic rings. The molecule has 3 heterocycles. The zero-order valence-electron chi connectivity index (χ0n) is 18.3. The molecule has 9 heteroatoms. The van der Waals surface area contributed by atoms with Crippen LogP contribution in [0.5, 0.6) is 0 Å². The minimum absolute atomic E-state index is 0.136. The van der Waals surface area contributed by atoms with Crippen molar-refractivity contribution >= 4 is 35.0 Å². The number of nitrogens with zero attached hydrogens (tertiary/aromatic N) is 4. The minimum atomic E-state index is -0.449. The highest BCUT2D eigenvalue weighted by molar-refractivity contribution is 8.00. The standard InChI is InChI=1S/C24H25ClN4O3S/c1-15(33-24-27-26-22(32-24)17-6-3-2-4-7-17)23(30)29-20(21-8-5-13-31-21)14-19(28-29)16-9-11-18(25)12-10-16/h5,8-13,15,17,20H,2-4,6-7,14H2,1H3/t15-,20+/m1/s1. The average Bonchev–Trinajstić information content (AvgIpc) is 3.60. The van der Waals surface area contributed by atoms with Gasteiger partial charge in [-0.15, -0.1) is 10.2 Å². The van der Waals surface area contributed by atoms with Crippen LogP contribution in [0.1, 0.15) is 74.6 Å². The monoisotopic (exact) mass is 484 g/mol. The Morgan fingerprint density at radius 3 is 2.67 bits per heavy atom. The molecule has 0 bridgehead atoms. The van der Waals surface area contributed by atoms with Crippen LogP contribution in [0.3, 0.4) is 0 Å². The van der Waals surface area contributed by atoms with Crippen LogP contribution in [-0.4, -0.2) is 32.1 Å². The van der Waals surface area contributed by atoms with Gasteiger partial charge >= 0.3 is 0 Å². The number of rotatable bonds is 6. The van der Waals surface area contributed by atoms with E-state index in [0.717, 1.165) is 24.1 Å². The predicted octanol–water partition coefficient (Wildman–Crippen LogP) is 6.22. The van der Waals surface area contributed by atoms with E-state index >= 15 is 0 Å². The van der Waals surface area contributed by atoms with Crippen molar-refractivity contribution in [3.05, 3.63) is 64.9 Å². The van der Waals surface area contributed by atoms with E-state index in [0.29, 0.717) is 34.2 Å². The second kappa shape index (κ2) is 9.73. The summed E-state index contributed by atoms with van der Waals surface area (Å²) < 4.78 is 11.5. The summed E-state index contributed by atoms with van der Waals surface area (Å²) in [6.07, 6.45) is 8.00. The topological polar surface area (TPSA) is 84.7 Å². The first kappa shape index (κ1) is 22.2. The summed E-state index contributed by atoms with van der Waals surface area (Å²) >= 11 is 7.31. The quantitative estimate of drug-likeness (QED) is 0.386. The molecule has 1 aliphatic carbocycles. The highest BCUT2D eigenvalue weighted by atomic mass is 35.5. The number of hydrogen-bond donors (Lipinski definition) is 0. The van der Waals surface area contributed by atoms with Gasteiger partial charge in [-0.25, -0.2) is 5.01 Å². The molecule has 33 heavy (non-hydrogen) atoms. The molecule has 1 amide bonds. The normalized spacial score (nSPS) is 20.1. The van der Waals surface area contributed by atoms with E-state index in [-0.39, 0.29) is 11.9 Å². The molecule has 5 rings (SSSR count). The van der Waals surface area contributed by atoms with Crippen molar-refractivity contribution in [3.63, 3.8) is 0 Å². The highest BCUT2D eigenvalue weighted by Crippen LogP contribution is 2.37. The second-order valence-electron chi connectivity index (χ2n) is 8.47. The maximum Gasteiger partial charge on any atom is 0.277 e. The van der Waals surface area contributed by atoms with Crippen molar-refractivity contribution in [2.75, 3.05) is 0 Å². The lowest BCUT2D eigenvalue weighted by atomic mass is 9.89. The Hall–Kier alpha value is -2.58. The van der Waals surface area contributed by atoms with Gasteiger partial charge in [-0.2, -0.15) is 5.10 Å². The van der Waals surface area contributed by atoms with Crippen LogP contribution in [0.2, 0.25) is 5.02 Å². The maximum absolute atomic E-state index is 13.4. The summed E-state index contributed by atoms with van der Waals surface area (Å²) in [5.74, 6) is 1.59. The number of aromatic nitrogens is 2. The van der Waals surface area contributed by atoms with Gasteiger partial charge in [-0.3, -0.25) is 4.79 Å². The number of furan rings is 1. The Labute approximate surface area is 201 Å². The van der Waals surface area contributed by atoms with Gasteiger partial charge < -0.3 is 8.83 Å². The van der Waals surface area contributed by atoms with Crippen LogP contribution in [0.15, 0.2) is 61.8 Å². The Morgan fingerprint density at radius 2 is 1.94 bits per heavy atom. The smallest absolute Gasteiger partial charge is 0.277 e. The van der Waals surface area contributed by atoms with Crippen LogP contribution >= 0.6 is 23.4 Å². The molecule has 1 saturated carbocycles. The van der Waals surface area contributed by atoms with Crippen molar-refractivity contribution in [2.45, 2.75) is 67.9 Å². The summed E-state index contributed by atoms with van der Waals surface area (Å²) in [6, 6.07) is 10.9. The molecule has 2 atom stereocenters. The van der Waals surface area contributed by atoms with Crippen LogP contribution < -0.4 is 0 Å². The summed E-state index contributed by atoms with van der Waals surface area (Å²) in [4.78, 5) is 13.4. The van der Waals surface area contributed by atoms with Crippen molar-refractivity contribution in [2.24, 2.45) is 5.10 Å². The largest absolute Gasteiger partial charge is 0.467 e. The van der Waals surface area contributed by atoms with Crippen molar-refractivity contribution in [1.29, 1.82) is 0 Å². The third-order valence-corrected chi connectivity index (χ3v) is 7.36. The van der Waals surface area contributed by atoms with Crippen molar-refractivity contribution in [1.82, 2.24) is 15.2 Å². The van der Waals surface area contributed by atoms with Crippen LogP contribution in [0.25, 0.3) is 0 Å². The number of benzene rings is 1. The molecule has 0 saturated heterocycles. The van der Waals surface area contributed by atoms with Crippen LogP contribution in [0.4, 0.5) is 0 Å². The fourth-order valence-corrected chi connectivity index (χ4v) is 5.26. The molecule has 0 radical (unpaired) electrons. The zero-order chi connectivity index (χ0) is 22.8. The SMILES string of the molecule is C[C@@H](Sc1nnc(C2CCCCC2)o1)C(=O)N1N=C(c2ccc(Cl)cc2)C[C@H]1c1ccco1. The minimum Gasteiger partial charge on any atom is -0.467 e. The summed E-state index contributed by atoms with van der Waals surface area (Å²) in [7, 11) is 0. The molecule has 0 spiro atoms. The fraction of sp³-hybridized carbons (Fsp3) is 0.417. The van der Waals surface area contributed by atoms with Gasteiger partial charge in [0.25, 0.3) is 11.1 Å². The fourth-order valence-electron chi connectivity index (χ4n) is 4.40. The molecule has 1 aliphatic heterocycles. The lowest BCUT2D eigenvalue weighted by Gasteiger charge is -2.22. The predicted molar refractivity (Wildman–Crippen MR) is 126 cm³/mol. The third-order valence-electron chi connectivity index (χ3n) is 6.19. The highest BCUT2D eigenvalue weighted by Gasteiger charge is 2.37. The van der Waals surface area contributed by atoms with E-state index in [1.54, 1.807) is 6.26 Å². The molecular formula is C24H25ClN4O3S. The zero-order valence-corrected chi connectivity index (χ0v) is 19.9. The molecular weight excluding hydrogens is 460 g/mol. The second-order valence-corrected chi connectivity index (χ2v) is 10.2. The molecule has 0 unspecified atom stereocenters. The van der Waals surface area contributed by atoms with Crippen LogP contribution in [-0.2, 0) is 4.79 Å². The number of halogens is 1. The van der Waals surface area contributed by atoms with E-state index in [4.69, 9.17) is 20.4 Å². The number of amides is 1. The number of carbonyl (C=O) groups is 1. The van der Waals surface area contributed by atoms with Crippen LogP contribution in [0, 0.1) is 0 Å². The maximum atomic E-state index is 13.4. The summed E-state index contributed by atoms with van der Waals surface area (Å²) in [6.45, 7) is 1.84. The number of thioether (sulfide) groups is 1. The molecule has 1 fully saturated rings. The third kappa shape index (κ3) is 4.87. The Balaban J connectivity index is 1.33. The van der Waals surface area contributed by atoms with Crippen molar-refractivity contribution in [3.8, 4) is 0 Å². The Bertz CT molecular complexity index is 1120. The summed E-state index contributed by atoms with van der Waals surface area (Å²) in [5.41, 5.74) is 1.75. The Morgan fingerprint density at radius 1 is 1.15 bits per heavy atom. The van der Waals surface area contributed by atoms with Gasteiger partial charge in [0.1, 0.15) is 11.8 Å². The van der Waals surface area contributed by atoms with E-state index in [1.165, 1.54) is 36.0 Å². The first-order valence-corrected chi connectivity index (χ1v) is 12.5. The summed E-state index contributed by atoms with van der Waals surface area (Å²) in [5, 5.41) is 15.3. The molecule has 172 valence electrons. The lowest BCUT2D eigenvalue weighted by molar-refractivity contribution is -0.132. The number of hydrazone groups is 1. The number of carbonyl (C=O) groups excluding carboxylic acids is 1. The Kier molecular flexibility index (Phi) is 6.55. The van der Waals surface area contributed by atoms with Gasteiger partial charge in [-0.05, 0) is 49.6 Å². The van der Waals surface area contributed by atoms with E-state index in [2.05, 4.69) is 15.3 Å². The van der Waals surface area contributed by atoms with Gasteiger partial charge in [0, 0.05) is 17.4 Å². The molecule has 1 aromatic carbocycles. The van der Waals surface area contributed by atoms with E-state index < -0.39 is 5.25 Å². The first-order valence-electron chi connectivity index (χ1n) is 11.3. The molecule has 2 aromatic heterocycles. The van der Waals surface area contributed by atoms with Gasteiger partial charge in [0.15, 0.2) is 0 Å².